The summed E-state index contributed by atoms with van der Waals surface area (Å²) < 4.78 is 61.2. The van der Waals surface area contributed by atoms with Crippen LogP contribution in [0.4, 0.5) is 13.2 Å². The molecule has 2 rings (SSSR count). The number of rotatable bonds is 5. The van der Waals surface area contributed by atoms with Gasteiger partial charge in [-0.25, -0.2) is 8.42 Å². The fraction of sp³-hybridized carbons (Fsp3) is 0.611. The van der Waals surface area contributed by atoms with E-state index in [9.17, 15) is 21.6 Å². The summed E-state index contributed by atoms with van der Waals surface area (Å²) in [5, 5.41) is 3.21. The molecule has 0 saturated carbocycles. The summed E-state index contributed by atoms with van der Waals surface area (Å²) in [7, 11) is -1.43. The molecule has 29 heavy (non-hydrogen) atoms. The Morgan fingerprint density at radius 2 is 1.66 bits per heavy atom. The minimum atomic E-state index is -4.22. The zero-order chi connectivity index (χ0) is 20.9. The zero-order valence-electron chi connectivity index (χ0n) is 16.7. The van der Waals surface area contributed by atoms with E-state index >= 15 is 0 Å². The van der Waals surface area contributed by atoms with Crippen LogP contribution in [-0.4, -0.2) is 75.9 Å². The van der Waals surface area contributed by atoms with Gasteiger partial charge < -0.3 is 10.2 Å². The SMILES string of the molecule is CN=C(NCc1ccc(CS(C)(=O)=O)cc1)N1CCN(C(C)C(F)(F)F)CC1.I. The van der Waals surface area contributed by atoms with Crippen LogP contribution in [0.5, 0.6) is 0 Å². The standard InChI is InChI=1S/C18H27F3N4O2S.HI/c1-14(18(19,20)21)24-8-10-25(11-9-24)17(22-2)23-12-15-4-6-16(7-5-15)13-28(3,26)27;/h4-7,14H,8-13H2,1-3H3,(H,22,23);1H. The van der Waals surface area contributed by atoms with Gasteiger partial charge in [-0.05, 0) is 18.1 Å². The van der Waals surface area contributed by atoms with E-state index in [2.05, 4.69) is 10.3 Å². The van der Waals surface area contributed by atoms with Gasteiger partial charge in [0.25, 0.3) is 0 Å². The number of aliphatic imine (C=N–C) groups is 1. The lowest BCUT2D eigenvalue weighted by molar-refractivity contribution is -0.181. The number of sulfone groups is 1. The number of halogens is 4. The van der Waals surface area contributed by atoms with Gasteiger partial charge in [-0.2, -0.15) is 13.2 Å². The molecule has 1 heterocycles. The van der Waals surface area contributed by atoms with Gasteiger partial charge in [-0.15, -0.1) is 24.0 Å². The highest BCUT2D eigenvalue weighted by atomic mass is 127. The quantitative estimate of drug-likeness (QED) is 0.348. The first-order valence-corrected chi connectivity index (χ1v) is 11.1. The molecular formula is C18H28F3IN4O2S. The Labute approximate surface area is 187 Å². The highest BCUT2D eigenvalue weighted by Crippen LogP contribution is 2.25. The van der Waals surface area contributed by atoms with Crippen molar-refractivity contribution in [3.05, 3.63) is 35.4 Å². The first-order valence-electron chi connectivity index (χ1n) is 9.01. The van der Waals surface area contributed by atoms with Crippen LogP contribution >= 0.6 is 24.0 Å². The predicted molar refractivity (Wildman–Crippen MR) is 119 cm³/mol. The number of nitrogens with one attached hydrogen (secondary N) is 1. The van der Waals surface area contributed by atoms with Gasteiger partial charge in [0.2, 0.25) is 0 Å². The van der Waals surface area contributed by atoms with Crippen molar-refractivity contribution in [1.82, 2.24) is 15.1 Å². The summed E-state index contributed by atoms with van der Waals surface area (Å²) in [5.41, 5.74) is 1.69. The average molecular weight is 548 g/mol. The van der Waals surface area contributed by atoms with Crippen LogP contribution in [0.2, 0.25) is 0 Å². The van der Waals surface area contributed by atoms with E-state index in [1.165, 1.54) is 18.1 Å². The molecule has 0 bridgehead atoms. The molecule has 1 atom stereocenters. The van der Waals surface area contributed by atoms with Crippen molar-refractivity contribution < 1.29 is 21.6 Å². The van der Waals surface area contributed by atoms with Gasteiger partial charge in [0, 0.05) is 46.0 Å². The third-order valence-corrected chi connectivity index (χ3v) is 5.61. The fourth-order valence-electron chi connectivity index (χ4n) is 3.10. The molecular weight excluding hydrogens is 520 g/mol. The number of hydrogen-bond donors (Lipinski definition) is 1. The lowest BCUT2D eigenvalue weighted by Gasteiger charge is -2.39. The molecule has 0 radical (unpaired) electrons. The van der Waals surface area contributed by atoms with Gasteiger partial charge in [-0.1, -0.05) is 24.3 Å². The maximum atomic E-state index is 12.9. The Morgan fingerprint density at radius 1 is 1.14 bits per heavy atom. The second-order valence-electron chi connectivity index (χ2n) is 7.03. The van der Waals surface area contributed by atoms with E-state index in [0.29, 0.717) is 38.7 Å². The molecule has 0 aliphatic carbocycles. The Balaban J connectivity index is 0.00000420. The lowest BCUT2D eigenvalue weighted by Crippen LogP contribution is -2.56. The summed E-state index contributed by atoms with van der Waals surface area (Å²) in [6.07, 6.45) is -3.02. The van der Waals surface area contributed by atoms with Gasteiger partial charge in [0.15, 0.2) is 15.8 Å². The minimum absolute atomic E-state index is 0. The Morgan fingerprint density at radius 3 is 2.10 bits per heavy atom. The largest absolute Gasteiger partial charge is 0.403 e. The number of piperazine rings is 1. The highest BCUT2D eigenvalue weighted by Gasteiger charge is 2.41. The van der Waals surface area contributed by atoms with Crippen LogP contribution in [0, 0.1) is 0 Å². The van der Waals surface area contributed by atoms with Crippen LogP contribution in [0.25, 0.3) is 0 Å². The van der Waals surface area contributed by atoms with Crippen molar-refractivity contribution in [3.63, 3.8) is 0 Å². The normalized spacial score (nSPS) is 17.6. The minimum Gasteiger partial charge on any atom is -0.352 e. The van der Waals surface area contributed by atoms with Crippen molar-refractivity contribution in [3.8, 4) is 0 Å². The van der Waals surface area contributed by atoms with Crippen molar-refractivity contribution in [2.75, 3.05) is 39.5 Å². The Bertz CT molecular complexity index is 777. The van der Waals surface area contributed by atoms with Gasteiger partial charge in [-0.3, -0.25) is 9.89 Å². The third kappa shape index (κ3) is 8.28. The Kier molecular flexibility index (Phi) is 9.67. The topological polar surface area (TPSA) is 65.0 Å². The first kappa shape index (κ1) is 26.0. The lowest BCUT2D eigenvalue weighted by atomic mass is 10.1. The molecule has 1 saturated heterocycles. The molecule has 0 aromatic heterocycles. The molecule has 1 unspecified atom stereocenters. The monoisotopic (exact) mass is 548 g/mol. The van der Waals surface area contributed by atoms with Crippen molar-refractivity contribution in [2.24, 2.45) is 4.99 Å². The van der Waals surface area contributed by atoms with Gasteiger partial charge in [0.1, 0.15) is 6.04 Å². The molecule has 1 N–H and O–H groups in total. The molecule has 1 aromatic carbocycles. The predicted octanol–water partition coefficient (Wildman–Crippen LogP) is 2.49. The number of nitrogens with zero attached hydrogens (tertiary/aromatic N) is 3. The number of alkyl halides is 3. The van der Waals surface area contributed by atoms with Crippen LogP contribution in [0.3, 0.4) is 0 Å². The van der Waals surface area contributed by atoms with E-state index in [1.54, 1.807) is 19.2 Å². The summed E-state index contributed by atoms with van der Waals surface area (Å²) >= 11 is 0. The summed E-state index contributed by atoms with van der Waals surface area (Å²) in [4.78, 5) is 7.60. The molecule has 0 amide bonds. The Hall–Kier alpha value is -1.08. The van der Waals surface area contributed by atoms with Gasteiger partial charge >= 0.3 is 6.18 Å². The second-order valence-corrected chi connectivity index (χ2v) is 9.17. The summed E-state index contributed by atoms with van der Waals surface area (Å²) in [6.45, 7) is 3.26. The first-order chi connectivity index (χ1) is 13.0. The van der Waals surface area contributed by atoms with Crippen molar-refractivity contribution in [2.45, 2.75) is 31.4 Å². The summed E-state index contributed by atoms with van der Waals surface area (Å²) in [5.74, 6) is 0.641. The highest BCUT2D eigenvalue weighted by molar-refractivity contribution is 14.0. The van der Waals surface area contributed by atoms with E-state index < -0.39 is 22.1 Å². The maximum absolute atomic E-state index is 12.9. The molecule has 1 aliphatic heterocycles. The average Bonchev–Trinajstić information content (AvgIpc) is 2.61. The summed E-state index contributed by atoms with van der Waals surface area (Å²) in [6, 6.07) is 5.80. The van der Waals surface area contributed by atoms with Gasteiger partial charge in [0.05, 0.1) is 5.75 Å². The zero-order valence-corrected chi connectivity index (χ0v) is 19.9. The molecule has 0 spiro atoms. The molecule has 166 valence electrons. The number of benzene rings is 1. The second kappa shape index (κ2) is 10.8. The molecule has 1 aromatic rings. The number of guanidine groups is 1. The van der Waals surface area contributed by atoms with Crippen LogP contribution in [-0.2, 0) is 22.1 Å². The van der Waals surface area contributed by atoms with E-state index in [4.69, 9.17) is 0 Å². The van der Waals surface area contributed by atoms with Crippen LogP contribution < -0.4 is 5.32 Å². The van der Waals surface area contributed by atoms with E-state index in [-0.39, 0.29) is 29.7 Å². The van der Waals surface area contributed by atoms with E-state index in [1.807, 2.05) is 17.0 Å². The number of hydrogen-bond acceptors (Lipinski definition) is 4. The third-order valence-electron chi connectivity index (χ3n) is 4.75. The van der Waals surface area contributed by atoms with Crippen LogP contribution in [0.15, 0.2) is 29.3 Å². The molecule has 6 nitrogen and oxygen atoms in total. The molecule has 11 heteroatoms. The molecule has 1 aliphatic rings. The molecule has 1 fully saturated rings. The van der Waals surface area contributed by atoms with E-state index in [0.717, 1.165) is 11.1 Å². The maximum Gasteiger partial charge on any atom is 0.403 e. The smallest absolute Gasteiger partial charge is 0.352 e. The van der Waals surface area contributed by atoms with Crippen LogP contribution in [0.1, 0.15) is 18.1 Å². The van der Waals surface area contributed by atoms with Crippen molar-refractivity contribution in [1.29, 1.82) is 0 Å². The fourth-order valence-corrected chi connectivity index (χ4v) is 3.90. The van der Waals surface area contributed by atoms with Crippen molar-refractivity contribution >= 4 is 39.8 Å².